The van der Waals surface area contributed by atoms with E-state index in [4.69, 9.17) is 4.42 Å². The van der Waals surface area contributed by atoms with Gasteiger partial charge in [0.1, 0.15) is 5.52 Å². The number of carbonyl (C=O) groups is 1. The highest BCUT2D eigenvalue weighted by Gasteiger charge is 2.15. The molecule has 22 heavy (non-hydrogen) atoms. The lowest BCUT2D eigenvalue weighted by Gasteiger charge is -2.16. The van der Waals surface area contributed by atoms with Crippen LogP contribution in [0.25, 0.3) is 11.1 Å². The van der Waals surface area contributed by atoms with Gasteiger partial charge in [-0.1, -0.05) is 25.6 Å². The maximum Gasteiger partial charge on any atom is 0.271 e. The van der Waals surface area contributed by atoms with E-state index in [-0.39, 0.29) is 23.4 Å². The van der Waals surface area contributed by atoms with Gasteiger partial charge in [0.2, 0.25) is 5.91 Å². The third kappa shape index (κ3) is 3.97. The van der Waals surface area contributed by atoms with E-state index in [1.807, 2.05) is 20.8 Å². The van der Waals surface area contributed by atoms with Crippen molar-refractivity contribution in [1.82, 2.24) is 10.3 Å². The van der Waals surface area contributed by atoms with Gasteiger partial charge in [0.25, 0.3) is 10.9 Å². The fraction of sp³-hybridized carbons (Fsp3) is 0.429. The highest BCUT2D eigenvalue weighted by molar-refractivity contribution is 7.99. The first-order valence-electron chi connectivity index (χ1n) is 6.84. The van der Waals surface area contributed by atoms with E-state index < -0.39 is 4.92 Å². The van der Waals surface area contributed by atoms with Gasteiger partial charge in [0.05, 0.1) is 10.7 Å². The van der Waals surface area contributed by atoms with Crippen LogP contribution in [0.15, 0.2) is 27.8 Å². The van der Waals surface area contributed by atoms with Gasteiger partial charge in [0.15, 0.2) is 5.58 Å². The Morgan fingerprint density at radius 1 is 1.45 bits per heavy atom. The Bertz CT molecular complexity index is 698. The molecule has 1 amide bonds. The van der Waals surface area contributed by atoms with Gasteiger partial charge in [-0.25, -0.2) is 4.98 Å². The zero-order valence-corrected chi connectivity index (χ0v) is 13.3. The molecule has 0 aliphatic heterocycles. The van der Waals surface area contributed by atoms with Crippen LogP contribution in [-0.4, -0.2) is 27.6 Å². The van der Waals surface area contributed by atoms with Crippen molar-refractivity contribution in [2.24, 2.45) is 5.92 Å². The third-order valence-corrected chi connectivity index (χ3v) is 4.11. The van der Waals surface area contributed by atoms with Crippen LogP contribution in [-0.2, 0) is 4.79 Å². The zero-order valence-electron chi connectivity index (χ0n) is 12.5. The molecule has 8 heteroatoms. The lowest BCUT2D eigenvalue weighted by atomic mass is 10.1. The summed E-state index contributed by atoms with van der Waals surface area (Å²) in [4.78, 5) is 26.2. The van der Waals surface area contributed by atoms with Crippen molar-refractivity contribution in [3.63, 3.8) is 0 Å². The highest BCUT2D eigenvalue weighted by Crippen LogP contribution is 2.26. The number of benzene rings is 1. The van der Waals surface area contributed by atoms with Crippen LogP contribution in [0.4, 0.5) is 5.69 Å². The summed E-state index contributed by atoms with van der Waals surface area (Å²) in [7, 11) is 0. The van der Waals surface area contributed by atoms with Gasteiger partial charge in [-0.05, 0) is 18.9 Å². The number of fused-ring (bicyclic) bond motifs is 1. The van der Waals surface area contributed by atoms with Crippen LogP contribution in [0.2, 0.25) is 0 Å². The van der Waals surface area contributed by atoms with Gasteiger partial charge in [-0.2, -0.15) is 0 Å². The SMILES string of the molecule is CC(C)[C@H](C)NC(=O)CSc1nc2cc([N+](=O)[O-])ccc2o1. The number of nitro benzene ring substituents is 1. The molecule has 0 saturated heterocycles. The molecular weight excluding hydrogens is 306 g/mol. The van der Waals surface area contributed by atoms with Gasteiger partial charge >= 0.3 is 0 Å². The van der Waals surface area contributed by atoms with Crippen LogP contribution in [0.5, 0.6) is 0 Å². The molecule has 1 aromatic carbocycles. The Hall–Kier alpha value is -2.09. The summed E-state index contributed by atoms with van der Waals surface area (Å²) in [5, 5.41) is 13.9. The smallest absolute Gasteiger partial charge is 0.271 e. The number of nitrogens with zero attached hydrogens (tertiary/aromatic N) is 2. The average molecular weight is 323 g/mol. The average Bonchev–Trinajstić information content (AvgIpc) is 2.86. The first-order valence-corrected chi connectivity index (χ1v) is 7.82. The molecule has 0 bridgehead atoms. The molecular formula is C14H17N3O4S. The van der Waals surface area contributed by atoms with Crippen LogP contribution < -0.4 is 5.32 Å². The topological polar surface area (TPSA) is 98.3 Å². The summed E-state index contributed by atoms with van der Waals surface area (Å²) in [6.07, 6.45) is 0. The summed E-state index contributed by atoms with van der Waals surface area (Å²) >= 11 is 1.16. The number of carbonyl (C=O) groups excluding carboxylic acids is 1. The second-order valence-corrected chi connectivity index (χ2v) is 6.20. The largest absolute Gasteiger partial charge is 0.431 e. The Morgan fingerprint density at radius 2 is 2.18 bits per heavy atom. The molecule has 0 unspecified atom stereocenters. The number of hydrogen-bond acceptors (Lipinski definition) is 6. The summed E-state index contributed by atoms with van der Waals surface area (Å²) in [5.74, 6) is 0.449. The molecule has 0 aliphatic carbocycles. The Labute approximate surface area is 131 Å². The molecule has 0 radical (unpaired) electrons. The Morgan fingerprint density at radius 3 is 2.82 bits per heavy atom. The molecule has 1 heterocycles. The summed E-state index contributed by atoms with van der Waals surface area (Å²) in [6, 6.07) is 4.31. The van der Waals surface area contributed by atoms with Crippen LogP contribution in [0.3, 0.4) is 0 Å². The van der Waals surface area contributed by atoms with Crippen LogP contribution in [0, 0.1) is 16.0 Å². The van der Waals surface area contributed by atoms with Crippen molar-refractivity contribution in [1.29, 1.82) is 0 Å². The number of non-ortho nitro benzene ring substituents is 1. The quantitative estimate of drug-likeness (QED) is 0.498. The van der Waals surface area contributed by atoms with Crippen molar-refractivity contribution >= 4 is 34.5 Å². The normalized spacial score (nSPS) is 12.5. The summed E-state index contributed by atoms with van der Waals surface area (Å²) < 4.78 is 5.45. The lowest BCUT2D eigenvalue weighted by Crippen LogP contribution is -2.37. The van der Waals surface area contributed by atoms with Crippen molar-refractivity contribution in [2.75, 3.05) is 5.75 Å². The molecule has 0 aliphatic rings. The van der Waals surface area contributed by atoms with Crippen molar-refractivity contribution in [2.45, 2.75) is 32.0 Å². The van der Waals surface area contributed by atoms with Crippen LogP contribution >= 0.6 is 11.8 Å². The minimum atomic E-state index is -0.484. The van der Waals surface area contributed by atoms with E-state index in [1.165, 1.54) is 18.2 Å². The van der Waals surface area contributed by atoms with E-state index in [2.05, 4.69) is 10.3 Å². The molecule has 0 saturated carbocycles. The first kappa shape index (κ1) is 16.3. The van der Waals surface area contributed by atoms with E-state index >= 15 is 0 Å². The second kappa shape index (κ2) is 6.78. The van der Waals surface area contributed by atoms with Crippen molar-refractivity contribution in [3.05, 3.63) is 28.3 Å². The van der Waals surface area contributed by atoms with Gasteiger partial charge in [-0.15, -0.1) is 0 Å². The maximum atomic E-state index is 11.8. The summed E-state index contributed by atoms with van der Waals surface area (Å²) in [5.41, 5.74) is 0.831. The van der Waals surface area contributed by atoms with Crippen molar-refractivity contribution in [3.8, 4) is 0 Å². The number of thioether (sulfide) groups is 1. The van der Waals surface area contributed by atoms with E-state index in [9.17, 15) is 14.9 Å². The number of hydrogen-bond donors (Lipinski definition) is 1. The first-order chi connectivity index (χ1) is 10.4. The molecule has 118 valence electrons. The number of amides is 1. The Balaban J connectivity index is 2.00. The number of oxazole rings is 1. The molecule has 2 aromatic rings. The molecule has 0 fully saturated rings. The molecule has 7 nitrogen and oxygen atoms in total. The second-order valence-electron chi connectivity index (χ2n) is 5.28. The standard InChI is InChI=1S/C14H17N3O4S/c1-8(2)9(3)15-13(18)7-22-14-16-11-6-10(17(19)20)4-5-12(11)21-14/h4-6,8-9H,7H2,1-3H3,(H,15,18)/t9-/m0/s1. The monoisotopic (exact) mass is 323 g/mol. The highest BCUT2D eigenvalue weighted by atomic mass is 32.2. The Kier molecular flexibility index (Phi) is 5.02. The number of rotatable bonds is 6. The minimum absolute atomic E-state index is 0.0409. The minimum Gasteiger partial charge on any atom is -0.431 e. The van der Waals surface area contributed by atoms with E-state index in [0.717, 1.165) is 11.8 Å². The van der Waals surface area contributed by atoms with Gasteiger partial charge < -0.3 is 9.73 Å². The third-order valence-electron chi connectivity index (χ3n) is 3.28. The van der Waals surface area contributed by atoms with Crippen LogP contribution in [0.1, 0.15) is 20.8 Å². The number of nitrogens with one attached hydrogen (secondary N) is 1. The predicted octanol–water partition coefficient (Wildman–Crippen LogP) is 2.99. The fourth-order valence-corrected chi connectivity index (χ4v) is 2.31. The van der Waals surface area contributed by atoms with Gasteiger partial charge in [0, 0.05) is 18.2 Å². The number of nitro groups is 1. The molecule has 0 spiro atoms. The molecule has 1 atom stereocenters. The lowest BCUT2D eigenvalue weighted by molar-refractivity contribution is -0.384. The predicted molar refractivity (Wildman–Crippen MR) is 83.8 cm³/mol. The zero-order chi connectivity index (χ0) is 16.3. The van der Waals surface area contributed by atoms with E-state index in [0.29, 0.717) is 22.2 Å². The fourth-order valence-electron chi connectivity index (χ4n) is 1.66. The number of aromatic nitrogens is 1. The van der Waals surface area contributed by atoms with E-state index in [1.54, 1.807) is 0 Å². The molecule has 1 N–H and O–H groups in total. The van der Waals surface area contributed by atoms with Gasteiger partial charge in [-0.3, -0.25) is 14.9 Å². The molecule has 2 rings (SSSR count). The maximum absolute atomic E-state index is 11.8. The van der Waals surface area contributed by atoms with Crippen molar-refractivity contribution < 1.29 is 14.1 Å². The summed E-state index contributed by atoms with van der Waals surface area (Å²) in [6.45, 7) is 6.02. The molecule has 1 aromatic heterocycles.